The molecule has 5 nitrogen and oxygen atoms in total. The highest BCUT2D eigenvalue weighted by atomic mass is 79.9. The van der Waals surface area contributed by atoms with Crippen molar-refractivity contribution < 1.29 is 18.7 Å². The van der Waals surface area contributed by atoms with E-state index < -0.39 is 11.7 Å². The van der Waals surface area contributed by atoms with E-state index in [1.165, 1.54) is 30.5 Å². The number of hydrogen-bond donors (Lipinski definition) is 1. The molecule has 0 unspecified atom stereocenters. The molecule has 0 heterocycles. The van der Waals surface area contributed by atoms with E-state index in [9.17, 15) is 9.18 Å². The summed E-state index contributed by atoms with van der Waals surface area (Å²) in [6.45, 7) is 4.78. The highest BCUT2D eigenvalue weighted by Gasteiger charge is 2.11. The van der Waals surface area contributed by atoms with E-state index in [-0.39, 0.29) is 0 Å². The fourth-order valence-electron chi connectivity index (χ4n) is 2.04. The van der Waals surface area contributed by atoms with Crippen molar-refractivity contribution in [1.82, 2.24) is 5.43 Å². The number of carbonyl (C=O) groups excluding carboxylic acids is 1. The second-order valence-corrected chi connectivity index (χ2v) is 5.76. The van der Waals surface area contributed by atoms with Crippen molar-refractivity contribution in [1.29, 1.82) is 0 Å². The Bertz CT molecular complexity index is 764. The van der Waals surface area contributed by atoms with E-state index in [0.717, 1.165) is 10.0 Å². The lowest BCUT2D eigenvalue weighted by Crippen LogP contribution is -2.17. The molecule has 7 heteroatoms. The van der Waals surface area contributed by atoms with Gasteiger partial charge in [-0.2, -0.15) is 5.10 Å². The van der Waals surface area contributed by atoms with Gasteiger partial charge < -0.3 is 9.47 Å². The van der Waals surface area contributed by atoms with Crippen LogP contribution in [0.25, 0.3) is 0 Å². The normalized spacial score (nSPS) is 10.7. The Balaban J connectivity index is 2.12. The molecule has 0 aliphatic heterocycles. The van der Waals surface area contributed by atoms with Crippen molar-refractivity contribution in [2.75, 3.05) is 13.2 Å². The second kappa shape index (κ2) is 9.17. The molecule has 0 saturated carbocycles. The number of halogens is 2. The number of rotatable bonds is 7. The number of hydrogen-bond acceptors (Lipinski definition) is 4. The predicted molar refractivity (Wildman–Crippen MR) is 97.9 cm³/mol. The van der Waals surface area contributed by atoms with Crippen LogP contribution in [-0.2, 0) is 0 Å². The minimum Gasteiger partial charge on any atom is -0.490 e. The molecule has 2 aromatic rings. The van der Waals surface area contributed by atoms with Crippen LogP contribution in [0.3, 0.4) is 0 Å². The summed E-state index contributed by atoms with van der Waals surface area (Å²) in [6.07, 6.45) is 1.49. The molecule has 0 fully saturated rings. The molecular formula is C18H18BrFN2O3. The van der Waals surface area contributed by atoms with Gasteiger partial charge in [0.1, 0.15) is 5.82 Å². The van der Waals surface area contributed by atoms with Crippen LogP contribution in [0, 0.1) is 5.82 Å². The molecule has 2 rings (SSSR count). The molecule has 0 saturated heterocycles. The van der Waals surface area contributed by atoms with Crippen LogP contribution in [0.1, 0.15) is 29.8 Å². The molecule has 0 aliphatic rings. The Morgan fingerprint density at radius 3 is 2.52 bits per heavy atom. The first kappa shape index (κ1) is 18.9. The quantitative estimate of drug-likeness (QED) is 0.552. The minimum atomic E-state index is -0.425. The van der Waals surface area contributed by atoms with E-state index in [1.54, 1.807) is 12.1 Å². The van der Waals surface area contributed by atoms with Crippen LogP contribution in [0.5, 0.6) is 11.5 Å². The van der Waals surface area contributed by atoms with Crippen LogP contribution in [0.2, 0.25) is 0 Å². The van der Waals surface area contributed by atoms with E-state index in [2.05, 4.69) is 26.5 Å². The van der Waals surface area contributed by atoms with Crippen LogP contribution < -0.4 is 14.9 Å². The first-order valence-electron chi connectivity index (χ1n) is 7.73. The van der Waals surface area contributed by atoms with Gasteiger partial charge in [0.05, 0.1) is 23.9 Å². The highest BCUT2D eigenvalue weighted by Crippen LogP contribution is 2.36. The summed E-state index contributed by atoms with van der Waals surface area (Å²) < 4.78 is 24.7. The molecule has 1 N–H and O–H groups in total. The largest absolute Gasteiger partial charge is 0.490 e. The summed E-state index contributed by atoms with van der Waals surface area (Å²) in [5, 5.41) is 3.92. The van der Waals surface area contributed by atoms with Gasteiger partial charge in [0, 0.05) is 5.56 Å². The van der Waals surface area contributed by atoms with E-state index >= 15 is 0 Å². The summed E-state index contributed by atoms with van der Waals surface area (Å²) in [5.74, 6) is 0.385. The summed E-state index contributed by atoms with van der Waals surface area (Å²) in [4.78, 5) is 11.9. The third-order valence-corrected chi connectivity index (χ3v) is 3.70. The molecule has 0 aromatic heterocycles. The molecular weight excluding hydrogens is 391 g/mol. The van der Waals surface area contributed by atoms with Crippen molar-refractivity contribution >= 4 is 28.1 Å². The van der Waals surface area contributed by atoms with Gasteiger partial charge in [-0.1, -0.05) is 0 Å². The van der Waals surface area contributed by atoms with E-state index in [0.29, 0.717) is 30.3 Å². The summed E-state index contributed by atoms with van der Waals surface area (Å²) >= 11 is 3.44. The smallest absolute Gasteiger partial charge is 0.271 e. The minimum absolute atomic E-state index is 0.321. The zero-order valence-corrected chi connectivity index (χ0v) is 15.5. The monoisotopic (exact) mass is 408 g/mol. The molecule has 0 atom stereocenters. The number of carbonyl (C=O) groups is 1. The molecule has 1 amide bonds. The lowest BCUT2D eigenvalue weighted by Gasteiger charge is -2.13. The zero-order chi connectivity index (χ0) is 18.2. The van der Waals surface area contributed by atoms with Gasteiger partial charge in [-0.05, 0) is 71.7 Å². The first-order valence-corrected chi connectivity index (χ1v) is 8.52. The van der Waals surface area contributed by atoms with Crippen LogP contribution >= 0.6 is 15.9 Å². The summed E-state index contributed by atoms with van der Waals surface area (Å²) in [7, 11) is 0. The Morgan fingerprint density at radius 1 is 1.20 bits per heavy atom. The molecule has 25 heavy (non-hydrogen) atoms. The van der Waals surface area contributed by atoms with E-state index in [4.69, 9.17) is 9.47 Å². The topological polar surface area (TPSA) is 59.9 Å². The standard InChI is InChI=1S/C18H18BrFN2O3/c1-3-24-16-10-12(9-15(19)17(16)25-4-2)11-21-22-18(23)13-5-7-14(20)8-6-13/h5-11H,3-4H2,1-2H3,(H,22,23)/b21-11-. The maximum Gasteiger partial charge on any atom is 0.271 e. The Morgan fingerprint density at radius 2 is 1.88 bits per heavy atom. The summed E-state index contributed by atoms with van der Waals surface area (Å²) in [6, 6.07) is 8.79. The van der Waals surface area contributed by atoms with Gasteiger partial charge in [0.2, 0.25) is 0 Å². The Labute approximate surface area is 154 Å². The van der Waals surface area contributed by atoms with Gasteiger partial charge in [-0.25, -0.2) is 9.82 Å². The van der Waals surface area contributed by atoms with E-state index in [1.807, 2.05) is 13.8 Å². The first-order chi connectivity index (χ1) is 12.0. The van der Waals surface area contributed by atoms with Crippen molar-refractivity contribution in [2.45, 2.75) is 13.8 Å². The maximum atomic E-state index is 12.9. The average molecular weight is 409 g/mol. The fourth-order valence-corrected chi connectivity index (χ4v) is 2.62. The van der Waals surface area contributed by atoms with Crippen molar-refractivity contribution in [2.24, 2.45) is 5.10 Å². The molecule has 132 valence electrons. The third-order valence-electron chi connectivity index (χ3n) is 3.11. The molecule has 2 aromatic carbocycles. The fraction of sp³-hybridized carbons (Fsp3) is 0.222. The van der Waals surface area contributed by atoms with Crippen molar-refractivity contribution in [3.63, 3.8) is 0 Å². The number of benzene rings is 2. The Kier molecular flexibility index (Phi) is 6.94. The molecule has 0 radical (unpaired) electrons. The van der Waals surface area contributed by atoms with Crippen LogP contribution in [0.4, 0.5) is 4.39 Å². The summed E-state index contributed by atoms with van der Waals surface area (Å²) in [5.41, 5.74) is 3.44. The number of amides is 1. The zero-order valence-electron chi connectivity index (χ0n) is 13.9. The average Bonchev–Trinajstić information content (AvgIpc) is 2.59. The SMILES string of the molecule is CCOc1cc(/C=N\NC(=O)c2ccc(F)cc2)cc(Br)c1OCC. The lowest BCUT2D eigenvalue weighted by atomic mass is 10.2. The van der Waals surface area contributed by atoms with Gasteiger partial charge in [-0.3, -0.25) is 4.79 Å². The highest BCUT2D eigenvalue weighted by molar-refractivity contribution is 9.10. The van der Waals surface area contributed by atoms with Gasteiger partial charge >= 0.3 is 0 Å². The van der Waals surface area contributed by atoms with Crippen molar-refractivity contribution in [3.8, 4) is 11.5 Å². The maximum absolute atomic E-state index is 12.9. The van der Waals surface area contributed by atoms with Crippen LogP contribution in [-0.4, -0.2) is 25.3 Å². The van der Waals surface area contributed by atoms with Crippen molar-refractivity contribution in [3.05, 3.63) is 57.8 Å². The predicted octanol–water partition coefficient (Wildman–Crippen LogP) is 4.15. The lowest BCUT2D eigenvalue weighted by molar-refractivity contribution is 0.0955. The number of nitrogens with one attached hydrogen (secondary N) is 1. The molecule has 0 aliphatic carbocycles. The number of nitrogens with zero attached hydrogens (tertiary/aromatic N) is 1. The van der Waals surface area contributed by atoms with Crippen LogP contribution in [0.15, 0.2) is 46.0 Å². The number of hydrazone groups is 1. The molecule has 0 spiro atoms. The third kappa shape index (κ3) is 5.29. The van der Waals surface area contributed by atoms with Gasteiger partial charge in [-0.15, -0.1) is 0 Å². The number of ether oxygens (including phenoxy) is 2. The Hall–Kier alpha value is -2.41. The van der Waals surface area contributed by atoms with Gasteiger partial charge in [0.15, 0.2) is 11.5 Å². The van der Waals surface area contributed by atoms with Gasteiger partial charge in [0.25, 0.3) is 5.91 Å². The molecule has 0 bridgehead atoms. The second-order valence-electron chi connectivity index (χ2n) is 4.90.